The minimum Gasteiger partial charge on any atom is -0.213 e. The Labute approximate surface area is 61.9 Å². The molecule has 4 heteroatoms. The predicted molar refractivity (Wildman–Crippen MR) is 39.6 cm³/mol. The molecule has 0 bridgehead atoms. The summed E-state index contributed by atoms with van der Waals surface area (Å²) in [5.41, 5.74) is 0. The van der Waals surface area contributed by atoms with E-state index in [-0.39, 0.29) is 0 Å². The summed E-state index contributed by atoms with van der Waals surface area (Å²) in [5.74, 6) is 0.509. The quantitative estimate of drug-likeness (QED) is 0.656. The molecule has 0 heterocycles. The Morgan fingerprint density at radius 1 is 1.50 bits per heavy atom. The third-order valence-corrected chi connectivity index (χ3v) is 2.23. The van der Waals surface area contributed by atoms with Crippen molar-refractivity contribution in [1.82, 2.24) is 4.72 Å². The van der Waals surface area contributed by atoms with Gasteiger partial charge in [0, 0.05) is 0 Å². The zero-order valence-electron chi connectivity index (χ0n) is 6.22. The van der Waals surface area contributed by atoms with E-state index in [9.17, 15) is 8.42 Å². The van der Waals surface area contributed by atoms with E-state index in [1.54, 1.807) is 0 Å². The SMILES string of the molecule is C[C](NS(C)(=O)=O)C1CC1. The summed E-state index contributed by atoms with van der Waals surface area (Å²) < 4.78 is 23.8. The molecule has 1 aliphatic carbocycles. The molecule has 0 aromatic heterocycles. The molecule has 1 aliphatic rings. The van der Waals surface area contributed by atoms with E-state index < -0.39 is 10.0 Å². The summed E-state index contributed by atoms with van der Waals surface area (Å²) >= 11 is 0. The van der Waals surface area contributed by atoms with Gasteiger partial charge in [-0.2, -0.15) is 0 Å². The lowest BCUT2D eigenvalue weighted by Gasteiger charge is -2.08. The number of rotatable bonds is 3. The van der Waals surface area contributed by atoms with E-state index in [0.717, 1.165) is 18.9 Å². The van der Waals surface area contributed by atoms with Gasteiger partial charge in [0.2, 0.25) is 10.0 Å². The maximum atomic E-state index is 10.6. The van der Waals surface area contributed by atoms with Crippen LogP contribution < -0.4 is 4.72 Å². The van der Waals surface area contributed by atoms with E-state index >= 15 is 0 Å². The van der Waals surface area contributed by atoms with Crippen molar-refractivity contribution in [1.29, 1.82) is 0 Å². The normalized spacial score (nSPS) is 19.9. The van der Waals surface area contributed by atoms with Crippen LogP contribution in [0.1, 0.15) is 19.8 Å². The van der Waals surface area contributed by atoms with Gasteiger partial charge in [0.05, 0.1) is 12.3 Å². The molecule has 1 radical (unpaired) electrons. The van der Waals surface area contributed by atoms with Crippen molar-refractivity contribution in [2.24, 2.45) is 5.92 Å². The van der Waals surface area contributed by atoms with Gasteiger partial charge < -0.3 is 0 Å². The number of hydrogen-bond acceptors (Lipinski definition) is 2. The molecule has 0 unspecified atom stereocenters. The minimum atomic E-state index is -3.02. The molecule has 1 rings (SSSR count). The second kappa shape index (κ2) is 2.51. The van der Waals surface area contributed by atoms with Crippen LogP contribution in [-0.4, -0.2) is 14.7 Å². The molecule has 0 aliphatic heterocycles. The molecule has 1 N–H and O–H groups in total. The highest BCUT2D eigenvalue weighted by Gasteiger charge is 2.30. The second-order valence-electron chi connectivity index (χ2n) is 2.83. The van der Waals surface area contributed by atoms with Crippen LogP contribution in [0.2, 0.25) is 0 Å². The van der Waals surface area contributed by atoms with Crippen LogP contribution in [0.3, 0.4) is 0 Å². The zero-order valence-corrected chi connectivity index (χ0v) is 7.03. The van der Waals surface area contributed by atoms with Crippen LogP contribution in [0.25, 0.3) is 0 Å². The molecule has 0 amide bonds. The molecule has 0 atom stereocenters. The molecular formula is C6H12NO2S. The zero-order chi connectivity index (χ0) is 7.78. The van der Waals surface area contributed by atoms with Crippen molar-refractivity contribution in [3.8, 4) is 0 Å². The van der Waals surface area contributed by atoms with E-state index in [4.69, 9.17) is 0 Å². The molecule has 0 saturated heterocycles. The highest BCUT2D eigenvalue weighted by atomic mass is 32.2. The topological polar surface area (TPSA) is 46.2 Å². The Kier molecular flexibility index (Phi) is 2.01. The van der Waals surface area contributed by atoms with Gasteiger partial charge in [-0.15, -0.1) is 0 Å². The first-order chi connectivity index (χ1) is 4.49. The lowest BCUT2D eigenvalue weighted by Crippen LogP contribution is -2.26. The fraction of sp³-hybridized carbons (Fsp3) is 0.833. The Morgan fingerprint density at radius 2 is 2.00 bits per heavy atom. The molecule has 0 aromatic carbocycles. The van der Waals surface area contributed by atoms with Crippen molar-refractivity contribution in [3.05, 3.63) is 6.04 Å². The maximum absolute atomic E-state index is 10.6. The Morgan fingerprint density at radius 3 is 2.30 bits per heavy atom. The Bertz CT molecular complexity index is 206. The van der Waals surface area contributed by atoms with Crippen molar-refractivity contribution in [3.63, 3.8) is 0 Å². The van der Waals surface area contributed by atoms with Crippen LogP contribution in [0, 0.1) is 12.0 Å². The van der Waals surface area contributed by atoms with Crippen LogP contribution in [0.5, 0.6) is 0 Å². The molecular weight excluding hydrogens is 150 g/mol. The summed E-state index contributed by atoms with van der Waals surface area (Å²) in [6.07, 6.45) is 3.45. The van der Waals surface area contributed by atoms with E-state index in [2.05, 4.69) is 4.72 Å². The third-order valence-electron chi connectivity index (χ3n) is 1.54. The van der Waals surface area contributed by atoms with E-state index in [0.29, 0.717) is 5.92 Å². The molecule has 10 heavy (non-hydrogen) atoms. The van der Waals surface area contributed by atoms with E-state index in [1.165, 1.54) is 6.26 Å². The number of sulfonamides is 1. The molecule has 0 aromatic rings. The lowest BCUT2D eigenvalue weighted by atomic mass is 10.2. The summed E-state index contributed by atoms with van der Waals surface area (Å²) in [4.78, 5) is 0. The van der Waals surface area contributed by atoms with Gasteiger partial charge in [0.15, 0.2) is 0 Å². The fourth-order valence-electron chi connectivity index (χ4n) is 0.892. The summed E-state index contributed by atoms with van der Waals surface area (Å²) in [7, 11) is -3.02. The molecule has 3 nitrogen and oxygen atoms in total. The van der Waals surface area contributed by atoms with Gasteiger partial charge in [0.1, 0.15) is 0 Å². The van der Waals surface area contributed by atoms with Crippen molar-refractivity contribution in [2.75, 3.05) is 6.26 Å². The largest absolute Gasteiger partial charge is 0.213 e. The van der Waals surface area contributed by atoms with Crippen LogP contribution >= 0.6 is 0 Å². The van der Waals surface area contributed by atoms with Gasteiger partial charge in [-0.3, -0.25) is 0 Å². The van der Waals surface area contributed by atoms with Gasteiger partial charge >= 0.3 is 0 Å². The Hall–Kier alpha value is -0.0900. The summed E-state index contributed by atoms with van der Waals surface area (Å²) in [6, 6.07) is 0.891. The highest BCUT2D eigenvalue weighted by molar-refractivity contribution is 7.88. The minimum absolute atomic E-state index is 0.509. The van der Waals surface area contributed by atoms with Crippen molar-refractivity contribution >= 4 is 10.0 Å². The standard InChI is InChI=1S/C6H12NO2S/c1-5(6-3-4-6)7-10(2,8)9/h6-7H,3-4H2,1-2H3. The first kappa shape index (κ1) is 8.01. The second-order valence-corrected chi connectivity index (χ2v) is 4.58. The van der Waals surface area contributed by atoms with Gasteiger partial charge in [-0.05, 0) is 25.7 Å². The maximum Gasteiger partial charge on any atom is 0.209 e. The van der Waals surface area contributed by atoms with Crippen molar-refractivity contribution < 1.29 is 8.42 Å². The predicted octanol–water partition coefficient (Wildman–Crippen LogP) is 0.497. The fourth-order valence-corrected chi connectivity index (χ4v) is 1.64. The van der Waals surface area contributed by atoms with Crippen molar-refractivity contribution in [2.45, 2.75) is 19.8 Å². The molecule has 59 valence electrons. The average Bonchev–Trinajstić information content (AvgIpc) is 2.35. The smallest absolute Gasteiger partial charge is 0.209 e. The van der Waals surface area contributed by atoms with E-state index in [1.807, 2.05) is 6.92 Å². The average molecular weight is 162 g/mol. The van der Waals surface area contributed by atoms with Gasteiger partial charge in [-0.25, -0.2) is 13.1 Å². The lowest BCUT2D eigenvalue weighted by molar-refractivity contribution is 0.583. The summed E-state index contributed by atoms with van der Waals surface area (Å²) in [6.45, 7) is 1.83. The first-order valence-corrected chi connectivity index (χ1v) is 5.19. The molecule has 0 spiro atoms. The third kappa shape index (κ3) is 2.66. The first-order valence-electron chi connectivity index (χ1n) is 3.30. The molecule has 1 saturated carbocycles. The number of hydrogen-bond donors (Lipinski definition) is 1. The Balaban J connectivity index is 2.37. The monoisotopic (exact) mass is 162 g/mol. The van der Waals surface area contributed by atoms with Gasteiger partial charge in [0.25, 0.3) is 0 Å². The van der Waals surface area contributed by atoms with Crippen LogP contribution in [0.4, 0.5) is 0 Å². The van der Waals surface area contributed by atoms with Gasteiger partial charge in [-0.1, -0.05) is 0 Å². The van der Waals surface area contributed by atoms with Crippen LogP contribution in [-0.2, 0) is 10.0 Å². The molecule has 1 fully saturated rings. The highest BCUT2D eigenvalue weighted by Crippen LogP contribution is 2.36. The van der Waals surface area contributed by atoms with Crippen LogP contribution in [0.15, 0.2) is 0 Å². The summed E-state index contributed by atoms with van der Waals surface area (Å²) in [5, 5.41) is 0. The number of nitrogens with one attached hydrogen (secondary N) is 1.